The summed E-state index contributed by atoms with van der Waals surface area (Å²) in [5, 5.41) is 2.77. The molecule has 0 bridgehead atoms. The summed E-state index contributed by atoms with van der Waals surface area (Å²) in [5.74, 6) is -0.746. The molecule has 5 heteroatoms. The largest absolute Gasteiger partial charge is 0.326 e. The summed E-state index contributed by atoms with van der Waals surface area (Å²) in [6.07, 6.45) is 3.48. The van der Waals surface area contributed by atoms with E-state index in [-0.39, 0.29) is 24.1 Å². The minimum atomic E-state index is -0.361. The average Bonchev–Trinajstić information content (AvgIpc) is 2.88. The van der Waals surface area contributed by atoms with Gasteiger partial charge in [-0.3, -0.25) is 9.59 Å². The number of nitrogens with zero attached hydrogens (tertiary/aromatic N) is 1. The number of carbonyl (C=O) groups is 2. The van der Waals surface area contributed by atoms with E-state index in [9.17, 15) is 14.0 Å². The van der Waals surface area contributed by atoms with Crippen LogP contribution >= 0.6 is 0 Å². The molecule has 0 fully saturated rings. The van der Waals surface area contributed by atoms with Gasteiger partial charge in [0.05, 0.1) is 13.0 Å². The molecule has 0 aromatic heterocycles. The Kier molecular flexibility index (Phi) is 7.81. The number of amides is 2. The van der Waals surface area contributed by atoms with Crippen LogP contribution in [0.3, 0.4) is 0 Å². The van der Waals surface area contributed by atoms with Gasteiger partial charge < -0.3 is 10.2 Å². The first-order valence-corrected chi connectivity index (χ1v) is 11.3. The SMILES string of the molecule is O=C(Cc1cccc(N(Cc2ccccc2)C(=O)C=Cc2ccccc2)c1)Nc1ccc(F)cc1. The molecule has 0 radical (unpaired) electrons. The summed E-state index contributed by atoms with van der Waals surface area (Å²) in [5.41, 5.74) is 3.92. The minimum absolute atomic E-state index is 0.123. The third kappa shape index (κ3) is 6.98. The molecular weight excluding hydrogens is 439 g/mol. The van der Waals surface area contributed by atoms with Gasteiger partial charge in [-0.15, -0.1) is 0 Å². The number of hydrogen-bond acceptors (Lipinski definition) is 2. The van der Waals surface area contributed by atoms with Crippen molar-refractivity contribution in [2.75, 3.05) is 10.2 Å². The second kappa shape index (κ2) is 11.6. The van der Waals surface area contributed by atoms with Crippen LogP contribution in [-0.4, -0.2) is 11.8 Å². The number of anilines is 2. The first-order valence-electron chi connectivity index (χ1n) is 11.3. The maximum Gasteiger partial charge on any atom is 0.251 e. The van der Waals surface area contributed by atoms with Crippen LogP contribution in [-0.2, 0) is 22.6 Å². The lowest BCUT2D eigenvalue weighted by Crippen LogP contribution is -2.28. The molecule has 0 aliphatic carbocycles. The average molecular weight is 465 g/mol. The minimum Gasteiger partial charge on any atom is -0.326 e. The van der Waals surface area contributed by atoms with Crippen LogP contribution in [0.15, 0.2) is 115 Å². The Morgan fingerprint density at radius 3 is 2.14 bits per heavy atom. The molecule has 2 amide bonds. The summed E-state index contributed by atoms with van der Waals surface area (Å²) in [4.78, 5) is 27.5. The van der Waals surface area contributed by atoms with E-state index >= 15 is 0 Å². The highest BCUT2D eigenvalue weighted by Crippen LogP contribution is 2.21. The van der Waals surface area contributed by atoms with Gasteiger partial charge in [0.15, 0.2) is 0 Å². The van der Waals surface area contributed by atoms with Crippen LogP contribution in [0, 0.1) is 5.82 Å². The fraction of sp³-hybridized carbons (Fsp3) is 0.0667. The van der Waals surface area contributed by atoms with E-state index in [1.54, 1.807) is 17.1 Å². The predicted octanol–water partition coefficient (Wildman–Crippen LogP) is 6.25. The molecule has 0 spiro atoms. The molecule has 35 heavy (non-hydrogen) atoms. The molecule has 1 N–H and O–H groups in total. The van der Waals surface area contributed by atoms with Gasteiger partial charge in [0, 0.05) is 17.5 Å². The van der Waals surface area contributed by atoms with E-state index < -0.39 is 0 Å². The fourth-order valence-electron chi connectivity index (χ4n) is 3.64. The van der Waals surface area contributed by atoms with Gasteiger partial charge in [0.25, 0.3) is 5.91 Å². The molecule has 0 heterocycles. The Morgan fingerprint density at radius 1 is 0.771 bits per heavy atom. The molecule has 0 atom stereocenters. The van der Waals surface area contributed by atoms with Gasteiger partial charge in [-0.2, -0.15) is 0 Å². The Hall–Kier alpha value is -4.51. The van der Waals surface area contributed by atoms with Gasteiger partial charge >= 0.3 is 0 Å². The topological polar surface area (TPSA) is 49.4 Å². The highest BCUT2D eigenvalue weighted by atomic mass is 19.1. The van der Waals surface area contributed by atoms with Gasteiger partial charge in [0.1, 0.15) is 5.82 Å². The van der Waals surface area contributed by atoms with Crippen LogP contribution in [0.5, 0.6) is 0 Å². The molecule has 0 saturated carbocycles. The molecule has 174 valence electrons. The fourth-order valence-corrected chi connectivity index (χ4v) is 3.64. The number of rotatable bonds is 8. The third-order valence-corrected chi connectivity index (χ3v) is 5.38. The van der Waals surface area contributed by atoms with Crippen LogP contribution in [0.25, 0.3) is 6.08 Å². The first kappa shape index (κ1) is 23.6. The second-order valence-corrected chi connectivity index (χ2v) is 8.06. The standard InChI is InChI=1S/C30H25FN2O2/c31-26-15-17-27(18-16-26)32-29(34)21-25-12-7-13-28(20-25)33(22-24-10-5-2-6-11-24)30(35)19-14-23-8-3-1-4-9-23/h1-20H,21-22H2,(H,32,34). The third-order valence-electron chi connectivity index (χ3n) is 5.38. The Labute approximate surface area is 204 Å². The molecule has 0 aliphatic rings. The summed E-state index contributed by atoms with van der Waals surface area (Å²) >= 11 is 0. The maximum absolute atomic E-state index is 13.3. The van der Waals surface area contributed by atoms with E-state index in [1.165, 1.54) is 24.3 Å². The van der Waals surface area contributed by atoms with Crippen molar-refractivity contribution in [2.45, 2.75) is 13.0 Å². The van der Waals surface area contributed by atoms with Crippen LogP contribution in [0.4, 0.5) is 15.8 Å². The summed E-state index contributed by atoms with van der Waals surface area (Å²) in [6.45, 7) is 0.393. The first-order chi connectivity index (χ1) is 17.1. The van der Waals surface area contributed by atoms with Crippen molar-refractivity contribution in [2.24, 2.45) is 0 Å². The summed E-state index contributed by atoms with van der Waals surface area (Å²) in [7, 11) is 0. The van der Waals surface area contributed by atoms with Crippen LogP contribution in [0.1, 0.15) is 16.7 Å². The van der Waals surface area contributed by atoms with Crippen molar-refractivity contribution in [3.8, 4) is 0 Å². The van der Waals surface area contributed by atoms with E-state index in [4.69, 9.17) is 0 Å². The molecule has 4 nitrogen and oxygen atoms in total. The number of benzene rings is 4. The predicted molar refractivity (Wildman–Crippen MR) is 138 cm³/mol. The van der Waals surface area contributed by atoms with Gasteiger partial charge in [-0.25, -0.2) is 4.39 Å². The van der Waals surface area contributed by atoms with Crippen molar-refractivity contribution in [1.82, 2.24) is 0 Å². The quantitative estimate of drug-likeness (QED) is 0.313. The normalized spacial score (nSPS) is 10.8. The van der Waals surface area contributed by atoms with Crippen LogP contribution in [0.2, 0.25) is 0 Å². The molecule has 4 aromatic carbocycles. The smallest absolute Gasteiger partial charge is 0.251 e. The van der Waals surface area contributed by atoms with E-state index in [2.05, 4.69) is 5.32 Å². The van der Waals surface area contributed by atoms with Crippen molar-refractivity contribution in [1.29, 1.82) is 0 Å². The van der Waals surface area contributed by atoms with Crippen molar-refractivity contribution in [3.63, 3.8) is 0 Å². The van der Waals surface area contributed by atoms with Gasteiger partial charge in [0.2, 0.25) is 5.91 Å². The second-order valence-electron chi connectivity index (χ2n) is 8.06. The molecule has 0 unspecified atom stereocenters. The zero-order valence-corrected chi connectivity index (χ0v) is 19.1. The monoisotopic (exact) mass is 464 g/mol. The zero-order chi connectivity index (χ0) is 24.5. The van der Waals surface area contributed by atoms with Crippen molar-refractivity contribution < 1.29 is 14.0 Å². The van der Waals surface area contributed by atoms with E-state index in [0.717, 1.165) is 16.7 Å². The van der Waals surface area contributed by atoms with Gasteiger partial charge in [-0.05, 0) is 59.2 Å². The Morgan fingerprint density at radius 2 is 1.43 bits per heavy atom. The number of nitrogens with one attached hydrogen (secondary N) is 1. The molecule has 4 rings (SSSR count). The lowest BCUT2D eigenvalue weighted by Gasteiger charge is -2.22. The van der Waals surface area contributed by atoms with Gasteiger partial charge in [-0.1, -0.05) is 72.8 Å². The molecule has 0 aliphatic heterocycles. The number of halogens is 1. The highest BCUT2D eigenvalue weighted by molar-refractivity contribution is 6.04. The molecule has 0 saturated heterocycles. The highest BCUT2D eigenvalue weighted by Gasteiger charge is 2.15. The molecule has 4 aromatic rings. The lowest BCUT2D eigenvalue weighted by atomic mass is 10.1. The Balaban J connectivity index is 1.53. The molecular formula is C30H25FN2O2. The van der Waals surface area contributed by atoms with Crippen molar-refractivity contribution in [3.05, 3.63) is 138 Å². The summed E-state index contributed by atoms with van der Waals surface area (Å²) in [6, 6.07) is 32.4. The van der Waals surface area contributed by atoms with Crippen LogP contribution < -0.4 is 10.2 Å². The lowest BCUT2D eigenvalue weighted by molar-refractivity contribution is -0.115. The number of hydrogen-bond donors (Lipinski definition) is 1. The summed E-state index contributed by atoms with van der Waals surface area (Å²) < 4.78 is 13.1. The van der Waals surface area contributed by atoms with E-state index in [1.807, 2.05) is 84.9 Å². The Bertz CT molecular complexity index is 1300. The maximum atomic E-state index is 13.3. The zero-order valence-electron chi connectivity index (χ0n) is 19.1. The van der Waals surface area contributed by atoms with E-state index in [0.29, 0.717) is 17.9 Å². The van der Waals surface area contributed by atoms with Crippen molar-refractivity contribution >= 4 is 29.3 Å². The number of carbonyl (C=O) groups excluding carboxylic acids is 2.